The van der Waals surface area contributed by atoms with E-state index in [1.165, 1.54) is 41.6 Å². The lowest BCUT2D eigenvalue weighted by Gasteiger charge is -2.06. The minimum absolute atomic E-state index is 0.0328. The summed E-state index contributed by atoms with van der Waals surface area (Å²) in [6.07, 6.45) is 5.51. The summed E-state index contributed by atoms with van der Waals surface area (Å²) in [6, 6.07) is 4.42. The molecular weight excluding hydrogens is 276 g/mol. The number of aromatic carboxylic acids is 1. The van der Waals surface area contributed by atoms with Crippen molar-refractivity contribution in [3.8, 4) is 5.69 Å². The van der Waals surface area contributed by atoms with Crippen molar-refractivity contribution >= 4 is 22.4 Å². The zero-order chi connectivity index (χ0) is 15.0. The van der Waals surface area contributed by atoms with Crippen molar-refractivity contribution in [1.29, 1.82) is 0 Å². The summed E-state index contributed by atoms with van der Waals surface area (Å²) in [7, 11) is 0. The maximum Gasteiger partial charge on any atom is 0.338 e. The Morgan fingerprint density at radius 1 is 1.24 bits per heavy atom. The molecule has 0 radical (unpaired) electrons. The number of non-ortho nitro benzene ring substituents is 1. The van der Waals surface area contributed by atoms with Gasteiger partial charge in [-0.1, -0.05) is 0 Å². The third-order valence-electron chi connectivity index (χ3n) is 3.05. The topological polar surface area (TPSA) is 111 Å². The fourth-order valence-corrected chi connectivity index (χ4v) is 2.08. The van der Waals surface area contributed by atoms with Crippen LogP contribution in [0.15, 0.2) is 43.0 Å². The molecule has 0 atom stereocenters. The van der Waals surface area contributed by atoms with Crippen LogP contribution in [0.25, 0.3) is 16.5 Å². The molecule has 8 nitrogen and oxygen atoms in total. The number of carboxylic acids is 1. The molecule has 0 amide bonds. The summed E-state index contributed by atoms with van der Waals surface area (Å²) in [5, 5.41) is 24.9. The summed E-state index contributed by atoms with van der Waals surface area (Å²) < 4.78 is 1.36. The van der Waals surface area contributed by atoms with Gasteiger partial charge in [-0.05, 0) is 12.1 Å². The first-order chi connectivity index (χ1) is 10.1. The minimum Gasteiger partial charge on any atom is -0.478 e. The number of rotatable bonds is 3. The predicted molar refractivity (Wildman–Crippen MR) is 72.5 cm³/mol. The van der Waals surface area contributed by atoms with Gasteiger partial charge in [0.25, 0.3) is 5.69 Å². The van der Waals surface area contributed by atoms with Gasteiger partial charge in [0, 0.05) is 30.0 Å². The predicted octanol–water partition coefficient (Wildman–Crippen LogP) is 2.03. The number of pyridine rings is 1. The van der Waals surface area contributed by atoms with E-state index in [0.717, 1.165) is 0 Å². The maximum atomic E-state index is 11.0. The Bertz CT molecular complexity index is 871. The summed E-state index contributed by atoms with van der Waals surface area (Å²) in [5.41, 5.74) is 0.517. The van der Waals surface area contributed by atoms with Gasteiger partial charge in [-0.15, -0.1) is 0 Å². The summed E-state index contributed by atoms with van der Waals surface area (Å²) in [5.74, 6) is -1.09. The number of fused-ring (bicyclic) bond motifs is 1. The normalized spacial score (nSPS) is 10.7. The Morgan fingerprint density at radius 3 is 2.71 bits per heavy atom. The summed E-state index contributed by atoms with van der Waals surface area (Å²) in [4.78, 5) is 25.4. The van der Waals surface area contributed by atoms with Crippen molar-refractivity contribution in [3.63, 3.8) is 0 Å². The van der Waals surface area contributed by atoms with Gasteiger partial charge < -0.3 is 5.11 Å². The fourth-order valence-electron chi connectivity index (χ4n) is 2.08. The molecule has 2 aromatic heterocycles. The van der Waals surface area contributed by atoms with E-state index in [1.54, 1.807) is 6.07 Å². The number of hydrogen-bond donors (Lipinski definition) is 1. The largest absolute Gasteiger partial charge is 0.478 e. The second-order valence-corrected chi connectivity index (χ2v) is 4.26. The quantitative estimate of drug-likeness (QED) is 0.581. The van der Waals surface area contributed by atoms with Crippen molar-refractivity contribution < 1.29 is 14.8 Å². The highest BCUT2D eigenvalue weighted by Crippen LogP contribution is 2.29. The van der Waals surface area contributed by atoms with Crippen molar-refractivity contribution in [1.82, 2.24) is 14.8 Å². The van der Waals surface area contributed by atoms with Crippen LogP contribution in [0.3, 0.4) is 0 Å². The Morgan fingerprint density at radius 2 is 2.05 bits per heavy atom. The van der Waals surface area contributed by atoms with E-state index in [1.807, 2.05) is 0 Å². The molecule has 1 aromatic carbocycles. The van der Waals surface area contributed by atoms with Gasteiger partial charge >= 0.3 is 5.97 Å². The van der Waals surface area contributed by atoms with Gasteiger partial charge in [-0.2, -0.15) is 5.10 Å². The number of nitro benzene ring substituents is 1. The zero-order valence-corrected chi connectivity index (χ0v) is 10.5. The first-order valence-corrected chi connectivity index (χ1v) is 5.87. The smallest absolute Gasteiger partial charge is 0.338 e. The van der Waals surface area contributed by atoms with Crippen LogP contribution in [-0.2, 0) is 0 Å². The molecule has 0 aliphatic carbocycles. The van der Waals surface area contributed by atoms with E-state index < -0.39 is 10.9 Å². The molecule has 21 heavy (non-hydrogen) atoms. The Hall–Kier alpha value is -3.29. The Kier molecular flexibility index (Phi) is 2.83. The van der Waals surface area contributed by atoms with Gasteiger partial charge in [0.2, 0.25) is 0 Å². The van der Waals surface area contributed by atoms with Gasteiger partial charge in [0.05, 0.1) is 27.8 Å². The molecule has 3 aromatic rings. The number of hydrogen-bond acceptors (Lipinski definition) is 5. The van der Waals surface area contributed by atoms with Crippen LogP contribution in [0.1, 0.15) is 10.4 Å². The molecule has 0 unspecified atom stereocenters. The van der Waals surface area contributed by atoms with Crippen molar-refractivity contribution in [2.45, 2.75) is 0 Å². The molecule has 3 rings (SSSR count). The molecule has 104 valence electrons. The lowest BCUT2D eigenvalue weighted by molar-refractivity contribution is -0.383. The fraction of sp³-hybridized carbons (Fsp3) is 0. The van der Waals surface area contributed by atoms with E-state index in [2.05, 4.69) is 10.1 Å². The van der Waals surface area contributed by atoms with Crippen LogP contribution in [0, 0.1) is 10.1 Å². The number of aromatic nitrogens is 3. The van der Waals surface area contributed by atoms with Crippen molar-refractivity contribution in [2.75, 3.05) is 0 Å². The van der Waals surface area contributed by atoms with Crippen LogP contribution in [0.5, 0.6) is 0 Å². The number of carboxylic acid groups (broad SMARTS) is 1. The molecule has 1 N–H and O–H groups in total. The number of nitro groups is 1. The second-order valence-electron chi connectivity index (χ2n) is 4.26. The van der Waals surface area contributed by atoms with Crippen LogP contribution < -0.4 is 0 Å². The summed E-state index contributed by atoms with van der Waals surface area (Å²) in [6.45, 7) is 0. The molecule has 0 spiro atoms. The second kappa shape index (κ2) is 4.67. The van der Waals surface area contributed by atoms with Gasteiger partial charge in [0.1, 0.15) is 0 Å². The SMILES string of the molecule is O=C(O)c1cnn(-c2ccc([N+](=O)[O-])c3ccncc23)c1. The molecule has 0 saturated heterocycles. The first kappa shape index (κ1) is 12.7. The van der Waals surface area contributed by atoms with E-state index >= 15 is 0 Å². The molecule has 2 heterocycles. The van der Waals surface area contributed by atoms with Crippen LogP contribution in [0.2, 0.25) is 0 Å². The highest BCUT2D eigenvalue weighted by Gasteiger charge is 2.16. The molecule has 0 fully saturated rings. The van der Waals surface area contributed by atoms with Gasteiger partial charge in [0.15, 0.2) is 0 Å². The highest BCUT2D eigenvalue weighted by molar-refractivity contribution is 5.96. The lowest BCUT2D eigenvalue weighted by atomic mass is 10.1. The van der Waals surface area contributed by atoms with Gasteiger partial charge in [-0.3, -0.25) is 15.1 Å². The van der Waals surface area contributed by atoms with Crippen molar-refractivity contribution in [3.05, 3.63) is 58.7 Å². The van der Waals surface area contributed by atoms with Crippen LogP contribution in [-0.4, -0.2) is 30.8 Å². The van der Waals surface area contributed by atoms with Crippen LogP contribution in [0.4, 0.5) is 5.69 Å². The molecule has 0 saturated carbocycles. The number of benzene rings is 1. The maximum absolute atomic E-state index is 11.0. The first-order valence-electron chi connectivity index (χ1n) is 5.87. The lowest BCUT2D eigenvalue weighted by Crippen LogP contribution is -1.99. The molecule has 0 aliphatic heterocycles. The van der Waals surface area contributed by atoms with Crippen molar-refractivity contribution in [2.24, 2.45) is 0 Å². The highest BCUT2D eigenvalue weighted by atomic mass is 16.6. The molecule has 8 heteroatoms. The average molecular weight is 284 g/mol. The standard InChI is InChI=1S/C13H8N4O4/c18-13(19)8-5-15-16(7-8)11-1-2-12(17(20)21)9-3-4-14-6-10(9)11/h1-7H,(H,18,19). The average Bonchev–Trinajstić information content (AvgIpc) is 2.95. The minimum atomic E-state index is -1.09. The molecule has 0 aliphatic rings. The molecule has 0 bridgehead atoms. The third-order valence-corrected chi connectivity index (χ3v) is 3.05. The number of nitrogens with zero attached hydrogens (tertiary/aromatic N) is 4. The summed E-state index contributed by atoms with van der Waals surface area (Å²) >= 11 is 0. The zero-order valence-electron chi connectivity index (χ0n) is 10.5. The van der Waals surface area contributed by atoms with E-state index in [-0.39, 0.29) is 11.3 Å². The third kappa shape index (κ3) is 2.08. The van der Waals surface area contributed by atoms with E-state index in [0.29, 0.717) is 16.5 Å². The Balaban J connectivity index is 2.26. The number of carbonyl (C=O) groups is 1. The molecular formula is C13H8N4O4. The van der Waals surface area contributed by atoms with Gasteiger partial charge in [-0.25, -0.2) is 9.48 Å². The van der Waals surface area contributed by atoms with E-state index in [4.69, 9.17) is 5.11 Å². The monoisotopic (exact) mass is 284 g/mol. The Labute approximate surface area is 117 Å². The van der Waals surface area contributed by atoms with E-state index in [9.17, 15) is 14.9 Å². The van der Waals surface area contributed by atoms with Crippen LogP contribution >= 0.6 is 0 Å².